The van der Waals surface area contributed by atoms with Gasteiger partial charge in [0.2, 0.25) is 10.0 Å². The molecule has 1 aliphatic heterocycles. The maximum atomic E-state index is 11.7. The number of nitro benzene ring substituents is 1. The lowest BCUT2D eigenvalue weighted by atomic mass is 9.99. The van der Waals surface area contributed by atoms with Gasteiger partial charge in [0, 0.05) is 31.3 Å². The molecule has 134 valence electrons. The van der Waals surface area contributed by atoms with Crippen LogP contribution in [0.3, 0.4) is 0 Å². The van der Waals surface area contributed by atoms with E-state index in [-0.39, 0.29) is 16.6 Å². The molecular formula is C15H24N4O4S. The second-order valence-corrected chi connectivity index (χ2v) is 7.98. The van der Waals surface area contributed by atoms with Crippen molar-refractivity contribution in [3.05, 3.63) is 28.3 Å². The number of hydrogen-bond donors (Lipinski definition) is 2. The van der Waals surface area contributed by atoms with Crippen LogP contribution >= 0.6 is 0 Å². The first-order valence-electron chi connectivity index (χ1n) is 7.97. The highest BCUT2D eigenvalue weighted by atomic mass is 32.2. The molecule has 9 heteroatoms. The highest BCUT2D eigenvalue weighted by molar-refractivity contribution is 7.89. The van der Waals surface area contributed by atoms with Gasteiger partial charge in [0.1, 0.15) is 4.90 Å². The van der Waals surface area contributed by atoms with E-state index >= 15 is 0 Å². The van der Waals surface area contributed by atoms with Gasteiger partial charge in [-0.25, -0.2) is 13.6 Å². The molecule has 0 saturated carbocycles. The number of primary sulfonamides is 1. The molecule has 1 aliphatic rings. The van der Waals surface area contributed by atoms with E-state index in [1.54, 1.807) is 0 Å². The van der Waals surface area contributed by atoms with Gasteiger partial charge >= 0.3 is 0 Å². The minimum atomic E-state index is -4.05. The van der Waals surface area contributed by atoms with Crippen molar-refractivity contribution in [3.8, 4) is 0 Å². The quantitative estimate of drug-likeness (QED) is 0.592. The summed E-state index contributed by atoms with van der Waals surface area (Å²) in [6.45, 7) is 6.88. The maximum Gasteiger partial charge on any atom is 0.270 e. The van der Waals surface area contributed by atoms with Crippen LogP contribution in [0.25, 0.3) is 0 Å². The highest BCUT2D eigenvalue weighted by Crippen LogP contribution is 2.26. The Labute approximate surface area is 142 Å². The summed E-state index contributed by atoms with van der Waals surface area (Å²) in [5.41, 5.74) is -0.0116. The molecule has 0 aliphatic carbocycles. The molecule has 0 spiro atoms. The first kappa shape index (κ1) is 18.6. The number of benzene rings is 1. The first-order chi connectivity index (χ1) is 11.2. The average Bonchev–Trinajstić information content (AvgIpc) is 2.51. The van der Waals surface area contributed by atoms with Crippen LogP contribution in [0.5, 0.6) is 0 Å². The van der Waals surface area contributed by atoms with Gasteiger partial charge in [-0.05, 0) is 38.3 Å². The number of sulfonamides is 1. The topological polar surface area (TPSA) is 119 Å². The Bertz CT molecular complexity index is 707. The van der Waals surface area contributed by atoms with Gasteiger partial charge in [0.05, 0.1) is 10.6 Å². The Morgan fingerprint density at radius 1 is 1.50 bits per heavy atom. The summed E-state index contributed by atoms with van der Waals surface area (Å²) < 4.78 is 23.4. The van der Waals surface area contributed by atoms with E-state index in [0.29, 0.717) is 18.2 Å². The third-order valence-corrected chi connectivity index (χ3v) is 5.33. The number of nitro groups is 1. The summed E-state index contributed by atoms with van der Waals surface area (Å²) >= 11 is 0. The average molecular weight is 356 g/mol. The molecule has 0 radical (unpaired) electrons. The molecule has 24 heavy (non-hydrogen) atoms. The van der Waals surface area contributed by atoms with E-state index in [1.165, 1.54) is 18.6 Å². The molecule has 1 aromatic carbocycles. The zero-order valence-electron chi connectivity index (χ0n) is 13.9. The molecule has 2 rings (SSSR count). The van der Waals surface area contributed by atoms with Gasteiger partial charge in [-0.2, -0.15) is 0 Å². The number of non-ortho nitro benzene ring substituents is 1. The smallest absolute Gasteiger partial charge is 0.270 e. The van der Waals surface area contributed by atoms with E-state index in [0.717, 1.165) is 25.6 Å². The predicted molar refractivity (Wildman–Crippen MR) is 92.4 cm³/mol. The molecule has 8 nitrogen and oxygen atoms in total. The summed E-state index contributed by atoms with van der Waals surface area (Å²) in [5.74, 6) is 0.653. The van der Waals surface area contributed by atoms with Gasteiger partial charge in [-0.15, -0.1) is 0 Å². The fourth-order valence-electron chi connectivity index (χ4n) is 3.02. The van der Waals surface area contributed by atoms with E-state index < -0.39 is 14.9 Å². The summed E-state index contributed by atoms with van der Waals surface area (Å²) in [5, 5.41) is 19.1. The van der Waals surface area contributed by atoms with Crippen LogP contribution in [0, 0.1) is 16.0 Å². The van der Waals surface area contributed by atoms with Crippen LogP contribution in [0.4, 0.5) is 11.4 Å². The number of likely N-dealkylation sites (tertiary alicyclic amines) is 1. The van der Waals surface area contributed by atoms with Gasteiger partial charge in [-0.3, -0.25) is 15.0 Å². The van der Waals surface area contributed by atoms with Gasteiger partial charge < -0.3 is 5.32 Å². The third kappa shape index (κ3) is 4.65. The molecule has 0 aromatic heterocycles. The zero-order chi connectivity index (χ0) is 17.9. The lowest BCUT2D eigenvalue weighted by Crippen LogP contribution is -2.43. The largest absolute Gasteiger partial charge is 0.382 e. The minimum Gasteiger partial charge on any atom is -0.382 e. The molecule has 0 amide bonds. The first-order valence-corrected chi connectivity index (χ1v) is 9.52. The van der Waals surface area contributed by atoms with Crippen LogP contribution in [0.2, 0.25) is 0 Å². The Kier molecular flexibility index (Phi) is 5.79. The van der Waals surface area contributed by atoms with Crippen molar-refractivity contribution in [2.75, 3.05) is 25.0 Å². The fraction of sp³-hybridized carbons (Fsp3) is 0.600. The summed E-state index contributed by atoms with van der Waals surface area (Å²) in [6, 6.07) is 3.87. The minimum absolute atomic E-state index is 0.219. The maximum absolute atomic E-state index is 11.7. The van der Waals surface area contributed by atoms with Crippen molar-refractivity contribution in [1.82, 2.24) is 4.90 Å². The van der Waals surface area contributed by atoms with Crippen molar-refractivity contribution in [3.63, 3.8) is 0 Å². The Hall–Kier alpha value is -1.71. The van der Waals surface area contributed by atoms with Crippen LogP contribution in [-0.4, -0.2) is 43.9 Å². The molecule has 1 heterocycles. The number of nitrogens with two attached hydrogens (primary N) is 1. The van der Waals surface area contributed by atoms with E-state index in [1.807, 2.05) is 0 Å². The number of rotatable bonds is 6. The standard InChI is InChI=1S/C15H24N4O4S/c1-11-4-3-7-18(10-11)12(2)9-17-14-6-5-13(19(20)21)8-15(14)24(16,22)23/h5-6,8,11-12,17H,3-4,7,9-10H2,1-2H3,(H2,16,22,23). The summed E-state index contributed by atoms with van der Waals surface area (Å²) in [7, 11) is -4.05. The van der Waals surface area contributed by atoms with Gasteiger partial charge in [0.15, 0.2) is 0 Å². The molecule has 2 atom stereocenters. The van der Waals surface area contributed by atoms with Gasteiger partial charge in [0.25, 0.3) is 5.69 Å². The SMILES string of the molecule is CC1CCCN(C(C)CNc2ccc([N+](=O)[O-])cc2S(N)(=O)=O)C1. The zero-order valence-corrected chi connectivity index (χ0v) is 14.8. The van der Waals surface area contributed by atoms with Crippen LogP contribution in [-0.2, 0) is 10.0 Å². The number of piperidine rings is 1. The van der Waals surface area contributed by atoms with Crippen molar-refractivity contribution in [1.29, 1.82) is 0 Å². The number of nitrogens with one attached hydrogen (secondary N) is 1. The number of hydrogen-bond acceptors (Lipinski definition) is 6. The van der Waals surface area contributed by atoms with Crippen molar-refractivity contribution < 1.29 is 13.3 Å². The van der Waals surface area contributed by atoms with Crippen molar-refractivity contribution in [2.45, 2.75) is 37.6 Å². The van der Waals surface area contributed by atoms with Gasteiger partial charge in [-0.1, -0.05) is 6.92 Å². The van der Waals surface area contributed by atoms with Crippen LogP contribution < -0.4 is 10.5 Å². The Balaban J connectivity index is 2.13. The summed E-state index contributed by atoms with van der Waals surface area (Å²) in [6.07, 6.45) is 2.39. The van der Waals surface area contributed by atoms with Crippen LogP contribution in [0.15, 0.2) is 23.1 Å². The van der Waals surface area contributed by atoms with E-state index in [9.17, 15) is 18.5 Å². The molecule has 1 fully saturated rings. The molecule has 2 unspecified atom stereocenters. The van der Waals surface area contributed by atoms with E-state index in [4.69, 9.17) is 5.14 Å². The highest BCUT2D eigenvalue weighted by Gasteiger charge is 2.22. The molecule has 1 aromatic rings. The lowest BCUT2D eigenvalue weighted by Gasteiger charge is -2.35. The second-order valence-electron chi connectivity index (χ2n) is 6.45. The Morgan fingerprint density at radius 2 is 2.21 bits per heavy atom. The molecule has 3 N–H and O–H groups in total. The molecular weight excluding hydrogens is 332 g/mol. The second kappa shape index (κ2) is 7.45. The number of nitrogens with zero attached hydrogens (tertiary/aromatic N) is 2. The van der Waals surface area contributed by atoms with Crippen molar-refractivity contribution in [2.24, 2.45) is 11.1 Å². The van der Waals surface area contributed by atoms with Crippen molar-refractivity contribution >= 4 is 21.4 Å². The van der Waals surface area contributed by atoms with Crippen LogP contribution in [0.1, 0.15) is 26.7 Å². The molecule has 1 saturated heterocycles. The lowest BCUT2D eigenvalue weighted by molar-refractivity contribution is -0.385. The van der Waals surface area contributed by atoms with E-state index in [2.05, 4.69) is 24.1 Å². The predicted octanol–water partition coefficient (Wildman–Crippen LogP) is 1.77. The molecule has 0 bridgehead atoms. The normalized spacial score (nSPS) is 20.5. The monoisotopic (exact) mass is 356 g/mol. The third-order valence-electron chi connectivity index (χ3n) is 4.38. The fourth-order valence-corrected chi connectivity index (χ4v) is 3.75. The number of anilines is 1. The summed E-state index contributed by atoms with van der Waals surface area (Å²) in [4.78, 5) is 12.3. The Morgan fingerprint density at radius 3 is 2.79 bits per heavy atom.